The molecule has 2 aromatic heterocycles. The van der Waals surface area contributed by atoms with E-state index in [0.29, 0.717) is 22.6 Å². The quantitative estimate of drug-likeness (QED) is 0.165. The van der Waals surface area contributed by atoms with Gasteiger partial charge in [-0.1, -0.05) is 71.9 Å². The molecule has 0 saturated carbocycles. The average molecular weight is 724 g/mol. The topological polar surface area (TPSA) is 63.8 Å². The largest absolute Gasteiger partial charge is 2.00 e. The third-order valence-electron chi connectivity index (χ3n) is 7.11. The summed E-state index contributed by atoms with van der Waals surface area (Å²) in [5, 5.41) is 19.7. The molecule has 0 aliphatic rings. The van der Waals surface area contributed by atoms with Crippen LogP contribution in [0.5, 0.6) is 0 Å². The molecule has 4 aromatic carbocycles. The summed E-state index contributed by atoms with van der Waals surface area (Å²) in [5.74, 6) is 0. The van der Waals surface area contributed by atoms with Crippen LogP contribution in [0.15, 0.2) is 109 Å². The van der Waals surface area contributed by atoms with Gasteiger partial charge < -0.3 is 0 Å². The molecule has 0 saturated heterocycles. The van der Waals surface area contributed by atoms with E-state index in [-0.39, 0.29) is 21.1 Å². The molecule has 204 valence electrons. The Kier molecular flexibility index (Phi) is 8.03. The van der Waals surface area contributed by atoms with E-state index < -0.39 is 5.41 Å². The number of benzene rings is 4. The second-order valence-electron chi connectivity index (χ2n) is 10.1. The van der Waals surface area contributed by atoms with Gasteiger partial charge in [0, 0.05) is 11.1 Å². The van der Waals surface area contributed by atoms with Crippen molar-refractivity contribution in [2.24, 2.45) is 0 Å². The van der Waals surface area contributed by atoms with Gasteiger partial charge in [-0.3, -0.25) is 14.2 Å². The minimum absolute atomic E-state index is 0. The van der Waals surface area contributed by atoms with Crippen molar-refractivity contribution < 1.29 is 21.1 Å². The molecule has 0 N–H and O–H groups in total. The number of rotatable bonds is 6. The predicted octanol–water partition coefficient (Wildman–Crippen LogP) is 7.74. The molecule has 0 unspecified atom stereocenters. The Bertz CT molecular complexity index is 1800. The molecule has 0 bridgehead atoms. The van der Waals surface area contributed by atoms with Crippen LogP contribution in [0.4, 0.5) is 5.69 Å². The molecule has 6 nitrogen and oxygen atoms in total. The Labute approximate surface area is 259 Å². The van der Waals surface area contributed by atoms with Crippen LogP contribution in [-0.2, 0) is 26.5 Å². The Balaban J connectivity index is 0.00000353. The first-order chi connectivity index (χ1) is 20.0. The minimum atomic E-state index is -0.603. The van der Waals surface area contributed by atoms with E-state index in [2.05, 4.69) is 49.0 Å². The molecule has 6 aromatic rings. The fraction of sp³-hybridized carbons (Fsp3) is 0.0857. The fourth-order valence-corrected chi connectivity index (χ4v) is 4.78. The molecule has 0 spiro atoms. The second-order valence-corrected chi connectivity index (χ2v) is 10.1. The summed E-state index contributed by atoms with van der Waals surface area (Å²) >= 11 is 0. The third-order valence-corrected chi connectivity index (χ3v) is 7.11. The standard InChI is InChI=1S/C35H24N6.Pt/c1-35(2,33-22-31(26-13-6-4-7-14-26)40(38-33)29-18-10-12-25(20-29)24-36)34-23-32(27-15-8-5-9-16-27)41(39-34)30-19-11-17-28(21-30)37-3;/h4-17,20-23H,1-2H3;/q-2;+2. The van der Waals surface area contributed by atoms with Crippen LogP contribution in [0.25, 0.3) is 38.7 Å². The van der Waals surface area contributed by atoms with Gasteiger partial charge in [0.15, 0.2) is 0 Å². The van der Waals surface area contributed by atoms with E-state index in [1.54, 1.807) is 36.4 Å². The summed E-state index contributed by atoms with van der Waals surface area (Å²) in [5.41, 5.74) is 7.26. The first kappa shape index (κ1) is 28.5. The number of hydrogen-bond donors (Lipinski definition) is 0. The second kappa shape index (κ2) is 11.8. The molecule has 2 heterocycles. The summed E-state index contributed by atoms with van der Waals surface area (Å²) < 4.78 is 3.69. The maximum Gasteiger partial charge on any atom is 2.00 e. The van der Waals surface area contributed by atoms with Crippen LogP contribution >= 0.6 is 0 Å². The summed E-state index contributed by atoms with van der Waals surface area (Å²) in [4.78, 5) is 3.60. The zero-order valence-corrected chi connectivity index (χ0v) is 25.2. The van der Waals surface area contributed by atoms with E-state index in [1.807, 2.05) is 70.0 Å². The Morgan fingerprint density at radius 2 is 1.24 bits per heavy atom. The summed E-state index contributed by atoms with van der Waals surface area (Å²) in [6.07, 6.45) is 0. The molecule has 0 fully saturated rings. The first-order valence-electron chi connectivity index (χ1n) is 13.1. The molecular weight excluding hydrogens is 700 g/mol. The Hall–Kier alpha value is -5.03. The van der Waals surface area contributed by atoms with Crippen molar-refractivity contribution in [3.05, 3.63) is 150 Å². The minimum Gasteiger partial charge on any atom is -0.265 e. The van der Waals surface area contributed by atoms with Crippen molar-refractivity contribution in [1.82, 2.24) is 19.6 Å². The SMILES string of the molecule is [C-]#[N+]c1cc[c-]c(-n2nc(C(C)(C)c3cc(-c4ccccc4)n(-c4[c-]ccc(C#N)c4)n3)cc2-c2ccccc2)c1.[Pt+2]. The summed E-state index contributed by atoms with van der Waals surface area (Å²) in [7, 11) is 0. The van der Waals surface area contributed by atoms with Crippen molar-refractivity contribution in [2.45, 2.75) is 19.3 Å². The average Bonchev–Trinajstić information content (AvgIpc) is 3.69. The van der Waals surface area contributed by atoms with Gasteiger partial charge in [-0.15, -0.1) is 12.1 Å². The van der Waals surface area contributed by atoms with Gasteiger partial charge in [0.1, 0.15) is 0 Å². The molecule has 0 aliphatic carbocycles. The van der Waals surface area contributed by atoms with Gasteiger partial charge in [-0.05, 0) is 31.7 Å². The maximum absolute atomic E-state index is 9.50. The van der Waals surface area contributed by atoms with Crippen LogP contribution in [-0.4, -0.2) is 19.6 Å². The van der Waals surface area contributed by atoms with Crippen LogP contribution in [0.3, 0.4) is 0 Å². The van der Waals surface area contributed by atoms with Crippen molar-refractivity contribution >= 4 is 5.69 Å². The first-order valence-corrected chi connectivity index (χ1v) is 13.1. The maximum atomic E-state index is 9.50. The van der Waals surface area contributed by atoms with E-state index in [0.717, 1.165) is 33.9 Å². The summed E-state index contributed by atoms with van der Waals surface area (Å²) in [6, 6.07) is 43.5. The van der Waals surface area contributed by atoms with Gasteiger partial charge >= 0.3 is 21.1 Å². The van der Waals surface area contributed by atoms with Crippen LogP contribution in [0, 0.1) is 30.0 Å². The van der Waals surface area contributed by atoms with Crippen molar-refractivity contribution in [3.63, 3.8) is 0 Å². The summed E-state index contributed by atoms with van der Waals surface area (Å²) in [6.45, 7) is 11.7. The monoisotopic (exact) mass is 723 g/mol. The Morgan fingerprint density at radius 3 is 1.74 bits per heavy atom. The van der Waals surface area contributed by atoms with Gasteiger partial charge in [0.05, 0.1) is 46.5 Å². The molecule has 0 radical (unpaired) electrons. The van der Waals surface area contributed by atoms with Crippen molar-refractivity contribution in [1.29, 1.82) is 5.26 Å². The van der Waals surface area contributed by atoms with E-state index in [1.165, 1.54) is 0 Å². The van der Waals surface area contributed by atoms with Gasteiger partial charge in [0.25, 0.3) is 0 Å². The molecular formula is C35H24N6Pt. The van der Waals surface area contributed by atoms with Gasteiger partial charge in [-0.25, -0.2) is 0 Å². The molecule has 6 rings (SSSR count). The normalized spacial score (nSPS) is 10.9. The van der Waals surface area contributed by atoms with Crippen molar-refractivity contribution in [3.8, 4) is 40.0 Å². The number of nitriles is 1. The van der Waals surface area contributed by atoms with E-state index >= 15 is 0 Å². The third kappa shape index (κ3) is 5.33. The van der Waals surface area contributed by atoms with E-state index in [9.17, 15) is 5.26 Å². The number of nitrogens with zero attached hydrogens (tertiary/aromatic N) is 6. The molecule has 0 aliphatic heterocycles. The molecule has 42 heavy (non-hydrogen) atoms. The van der Waals surface area contributed by atoms with Crippen LogP contribution in [0.1, 0.15) is 30.8 Å². The van der Waals surface area contributed by atoms with Crippen LogP contribution < -0.4 is 0 Å². The van der Waals surface area contributed by atoms with Gasteiger partial charge in [0.2, 0.25) is 0 Å². The molecule has 7 heteroatoms. The Morgan fingerprint density at radius 1 is 0.738 bits per heavy atom. The smallest absolute Gasteiger partial charge is 0.265 e. The molecule has 0 atom stereocenters. The van der Waals surface area contributed by atoms with E-state index in [4.69, 9.17) is 16.8 Å². The van der Waals surface area contributed by atoms with Gasteiger partial charge in [-0.2, -0.15) is 51.9 Å². The zero-order chi connectivity index (χ0) is 28.4. The van der Waals surface area contributed by atoms with Crippen molar-refractivity contribution in [2.75, 3.05) is 0 Å². The predicted molar refractivity (Wildman–Crippen MR) is 159 cm³/mol. The zero-order valence-electron chi connectivity index (χ0n) is 22.9. The fourth-order valence-electron chi connectivity index (χ4n) is 4.78. The number of aromatic nitrogens is 4. The van der Waals surface area contributed by atoms with Crippen LogP contribution in [0.2, 0.25) is 0 Å². The number of hydrogen-bond acceptors (Lipinski definition) is 3. The molecule has 0 amide bonds.